The molecule has 0 radical (unpaired) electrons. The molecular weight excluding hydrogens is 372 g/mol. The number of carbonyl (C=O) groups is 3. The second-order valence-corrected chi connectivity index (χ2v) is 7.48. The molecule has 1 atom stereocenters. The molecule has 1 N–H and O–H groups in total. The molecule has 2 heterocycles. The lowest BCUT2D eigenvalue weighted by Crippen LogP contribution is -2.37. The van der Waals surface area contributed by atoms with Crippen molar-refractivity contribution in [1.82, 2.24) is 9.80 Å². The maximum absolute atomic E-state index is 12.9. The Labute approximate surface area is 169 Å². The van der Waals surface area contributed by atoms with Gasteiger partial charge in [-0.15, -0.1) is 0 Å². The Balaban J connectivity index is 1.65. The van der Waals surface area contributed by atoms with Crippen LogP contribution in [0.15, 0.2) is 40.8 Å². The third-order valence-corrected chi connectivity index (χ3v) is 5.39. The number of furan rings is 1. The number of ketones is 1. The molecule has 1 aromatic carbocycles. The Hall–Kier alpha value is -2.93. The first-order valence-electron chi connectivity index (χ1n) is 9.77. The summed E-state index contributed by atoms with van der Waals surface area (Å²) in [6, 6.07) is 10.7. The summed E-state index contributed by atoms with van der Waals surface area (Å²) < 4.78 is 5.79. The zero-order valence-electron chi connectivity index (χ0n) is 16.8. The maximum Gasteiger partial charge on any atom is 0.317 e. The number of nitrogens with zero attached hydrogens (tertiary/aromatic N) is 2. The molecule has 1 amide bonds. The van der Waals surface area contributed by atoms with E-state index in [4.69, 9.17) is 9.52 Å². The van der Waals surface area contributed by atoms with Crippen LogP contribution in [-0.2, 0) is 4.79 Å². The normalized spacial score (nSPS) is 17.2. The number of aliphatic carboxylic acids is 1. The zero-order chi connectivity index (χ0) is 21.0. The van der Waals surface area contributed by atoms with E-state index >= 15 is 0 Å². The highest BCUT2D eigenvalue weighted by Gasteiger charge is 2.26. The van der Waals surface area contributed by atoms with E-state index in [9.17, 15) is 14.4 Å². The first-order valence-corrected chi connectivity index (χ1v) is 9.77. The number of hydrogen-bond acceptors (Lipinski definition) is 5. The minimum absolute atomic E-state index is 0.000305. The van der Waals surface area contributed by atoms with Crippen LogP contribution in [0.4, 0.5) is 0 Å². The average molecular weight is 398 g/mol. The average Bonchev–Trinajstić information content (AvgIpc) is 3.04. The topological polar surface area (TPSA) is 91.1 Å². The molecule has 1 aliphatic heterocycles. The predicted octanol–water partition coefficient (Wildman–Crippen LogP) is 3.16. The van der Waals surface area contributed by atoms with Crippen LogP contribution in [-0.4, -0.2) is 65.3 Å². The van der Waals surface area contributed by atoms with Crippen LogP contribution in [0.3, 0.4) is 0 Å². The predicted molar refractivity (Wildman–Crippen MR) is 108 cm³/mol. The lowest BCUT2D eigenvalue weighted by molar-refractivity contribution is -0.138. The van der Waals surface area contributed by atoms with Gasteiger partial charge in [0.25, 0.3) is 5.91 Å². The standard InChI is InChI=1S/C22H26N2O5/c1-15(25)16-5-7-17(8-6-16)19-9-10-20(29-19)22(28)24-12-3-4-18(11-13-24)23(2)14-21(26)27/h5-10,18H,3-4,11-14H2,1-2H3,(H,26,27). The summed E-state index contributed by atoms with van der Waals surface area (Å²) in [5.74, 6) is -0.132. The van der Waals surface area contributed by atoms with Crippen molar-refractivity contribution in [3.05, 3.63) is 47.7 Å². The third-order valence-electron chi connectivity index (χ3n) is 5.39. The van der Waals surface area contributed by atoms with Crippen molar-refractivity contribution < 1.29 is 23.9 Å². The molecule has 0 spiro atoms. The minimum Gasteiger partial charge on any atom is -0.480 e. The second-order valence-electron chi connectivity index (χ2n) is 7.48. The molecule has 1 saturated heterocycles. The molecule has 154 valence electrons. The molecule has 7 heteroatoms. The van der Waals surface area contributed by atoms with Gasteiger partial charge >= 0.3 is 5.97 Å². The van der Waals surface area contributed by atoms with Gasteiger partial charge < -0.3 is 14.4 Å². The van der Waals surface area contributed by atoms with Crippen molar-refractivity contribution in [3.8, 4) is 11.3 Å². The summed E-state index contributed by atoms with van der Waals surface area (Å²) >= 11 is 0. The van der Waals surface area contributed by atoms with Crippen molar-refractivity contribution in [3.63, 3.8) is 0 Å². The van der Waals surface area contributed by atoms with Crippen LogP contribution in [0.25, 0.3) is 11.3 Å². The maximum atomic E-state index is 12.9. The van der Waals surface area contributed by atoms with Crippen molar-refractivity contribution in [2.75, 3.05) is 26.7 Å². The van der Waals surface area contributed by atoms with Crippen LogP contribution in [0, 0.1) is 0 Å². The second kappa shape index (κ2) is 9.05. The van der Waals surface area contributed by atoms with E-state index in [1.54, 1.807) is 41.3 Å². The highest BCUT2D eigenvalue weighted by atomic mass is 16.4. The first kappa shape index (κ1) is 20.8. The fraction of sp³-hybridized carbons (Fsp3) is 0.409. The van der Waals surface area contributed by atoms with Gasteiger partial charge in [-0.3, -0.25) is 19.3 Å². The molecule has 1 aliphatic rings. The summed E-state index contributed by atoms with van der Waals surface area (Å²) in [4.78, 5) is 38.8. The van der Waals surface area contributed by atoms with E-state index in [0.717, 1.165) is 24.8 Å². The molecule has 1 unspecified atom stereocenters. The van der Waals surface area contributed by atoms with E-state index < -0.39 is 5.97 Å². The van der Waals surface area contributed by atoms with Gasteiger partial charge in [0, 0.05) is 30.3 Å². The smallest absolute Gasteiger partial charge is 0.317 e. The fourth-order valence-corrected chi connectivity index (χ4v) is 3.70. The van der Waals surface area contributed by atoms with Crippen LogP contribution in [0.1, 0.15) is 47.1 Å². The highest BCUT2D eigenvalue weighted by Crippen LogP contribution is 2.24. The number of Topliss-reactive ketones (excluding diaryl/α,β-unsaturated/α-hetero) is 1. The first-order chi connectivity index (χ1) is 13.8. The lowest BCUT2D eigenvalue weighted by Gasteiger charge is -2.25. The SMILES string of the molecule is CC(=O)c1ccc(-c2ccc(C(=O)N3CCCC(N(C)CC(=O)O)CC3)o2)cc1. The number of amides is 1. The molecule has 1 fully saturated rings. The van der Waals surface area contributed by atoms with E-state index in [2.05, 4.69) is 0 Å². The summed E-state index contributed by atoms with van der Waals surface area (Å²) in [5, 5.41) is 8.98. The Kier molecular flexibility index (Phi) is 6.49. The fourth-order valence-electron chi connectivity index (χ4n) is 3.70. The Morgan fingerprint density at radius 2 is 1.83 bits per heavy atom. The summed E-state index contributed by atoms with van der Waals surface area (Å²) in [5.41, 5.74) is 1.43. The van der Waals surface area contributed by atoms with Gasteiger partial charge in [-0.1, -0.05) is 24.3 Å². The van der Waals surface area contributed by atoms with Crippen LogP contribution >= 0.6 is 0 Å². The zero-order valence-corrected chi connectivity index (χ0v) is 16.8. The molecule has 7 nitrogen and oxygen atoms in total. The molecule has 0 aliphatic carbocycles. The Morgan fingerprint density at radius 1 is 1.10 bits per heavy atom. The van der Waals surface area contributed by atoms with Crippen LogP contribution in [0.5, 0.6) is 0 Å². The van der Waals surface area contributed by atoms with Gasteiger partial charge in [0.05, 0.1) is 6.54 Å². The Morgan fingerprint density at radius 3 is 2.48 bits per heavy atom. The van der Waals surface area contributed by atoms with E-state index in [1.165, 1.54) is 6.92 Å². The minimum atomic E-state index is -0.843. The number of benzene rings is 1. The number of likely N-dealkylation sites (tertiary alicyclic amines) is 1. The number of hydrogen-bond donors (Lipinski definition) is 1. The number of carboxylic acid groups (broad SMARTS) is 1. The van der Waals surface area contributed by atoms with Crippen molar-refractivity contribution in [2.45, 2.75) is 32.2 Å². The number of carbonyl (C=O) groups excluding carboxylic acids is 2. The van der Waals surface area contributed by atoms with Crippen molar-refractivity contribution in [1.29, 1.82) is 0 Å². The van der Waals surface area contributed by atoms with Gasteiger partial charge in [0.15, 0.2) is 11.5 Å². The highest BCUT2D eigenvalue weighted by molar-refractivity contribution is 5.94. The number of likely N-dealkylation sites (N-methyl/N-ethyl adjacent to an activating group) is 1. The third kappa shape index (κ3) is 5.12. The largest absolute Gasteiger partial charge is 0.480 e. The monoisotopic (exact) mass is 398 g/mol. The quantitative estimate of drug-likeness (QED) is 0.752. The molecular formula is C22H26N2O5. The molecule has 0 saturated carbocycles. The molecule has 0 bridgehead atoms. The van der Waals surface area contributed by atoms with E-state index in [1.807, 2.05) is 11.9 Å². The Bertz CT molecular complexity index is 887. The van der Waals surface area contributed by atoms with Gasteiger partial charge in [0.1, 0.15) is 5.76 Å². The number of carboxylic acids is 1. The van der Waals surface area contributed by atoms with Crippen LogP contribution < -0.4 is 0 Å². The molecule has 2 aromatic rings. The van der Waals surface area contributed by atoms with Gasteiger partial charge in [-0.2, -0.15) is 0 Å². The van der Waals surface area contributed by atoms with Crippen molar-refractivity contribution >= 4 is 17.7 Å². The van der Waals surface area contributed by atoms with E-state index in [0.29, 0.717) is 24.4 Å². The molecule has 3 rings (SSSR count). The summed E-state index contributed by atoms with van der Waals surface area (Å²) in [7, 11) is 1.81. The molecule has 1 aromatic heterocycles. The van der Waals surface area contributed by atoms with Gasteiger partial charge in [-0.05, 0) is 45.4 Å². The number of rotatable bonds is 6. The summed E-state index contributed by atoms with van der Waals surface area (Å²) in [6.45, 7) is 2.71. The van der Waals surface area contributed by atoms with Crippen molar-refractivity contribution in [2.24, 2.45) is 0 Å². The lowest BCUT2D eigenvalue weighted by atomic mass is 10.1. The van der Waals surface area contributed by atoms with Crippen LogP contribution in [0.2, 0.25) is 0 Å². The summed E-state index contributed by atoms with van der Waals surface area (Å²) in [6.07, 6.45) is 2.41. The van der Waals surface area contributed by atoms with E-state index in [-0.39, 0.29) is 30.0 Å². The molecule has 29 heavy (non-hydrogen) atoms. The van der Waals surface area contributed by atoms with Gasteiger partial charge in [0.2, 0.25) is 0 Å². The van der Waals surface area contributed by atoms with Gasteiger partial charge in [-0.25, -0.2) is 0 Å².